The maximum atomic E-state index is 11.9. The highest BCUT2D eigenvalue weighted by molar-refractivity contribution is 5.74. The minimum atomic E-state index is -0.138. The monoisotopic (exact) mass is 315 g/mol. The van der Waals surface area contributed by atoms with Gasteiger partial charge in [0.25, 0.3) is 0 Å². The molecule has 2 rings (SSSR count). The highest BCUT2D eigenvalue weighted by atomic mass is 16.2. The number of hydrogen-bond donors (Lipinski definition) is 2. The number of carbonyl (C=O) groups is 1. The van der Waals surface area contributed by atoms with Crippen molar-refractivity contribution in [1.82, 2.24) is 25.1 Å². The molecule has 6 heteroatoms. The lowest BCUT2D eigenvalue weighted by molar-refractivity contribution is 0.235. The number of nitrogens with zero attached hydrogens (tertiary/aromatic N) is 3. The Morgan fingerprint density at radius 3 is 2.70 bits per heavy atom. The molecular formula is C17H25N5O. The topological polar surface area (TPSA) is 62.2 Å². The van der Waals surface area contributed by atoms with Crippen molar-refractivity contribution in [3.8, 4) is 5.69 Å². The number of urea groups is 1. The first-order valence-electron chi connectivity index (χ1n) is 7.91. The average Bonchev–Trinajstić information content (AvgIpc) is 3.09. The van der Waals surface area contributed by atoms with E-state index in [4.69, 9.17) is 0 Å². The molecule has 1 aromatic carbocycles. The van der Waals surface area contributed by atoms with Gasteiger partial charge >= 0.3 is 6.03 Å². The van der Waals surface area contributed by atoms with Crippen LogP contribution in [0.1, 0.15) is 25.5 Å². The Labute approximate surface area is 137 Å². The maximum absolute atomic E-state index is 11.9. The molecule has 1 heterocycles. The van der Waals surface area contributed by atoms with Gasteiger partial charge in [-0.3, -0.25) is 0 Å². The molecule has 0 saturated heterocycles. The summed E-state index contributed by atoms with van der Waals surface area (Å²) in [6.07, 6.45) is 5.41. The third-order valence-corrected chi connectivity index (χ3v) is 3.86. The molecule has 0 aliphatic heterocycles. The van der Waals surface area contributed by atoms with E-state index in [1.807, 2.05) is 49.0 Å². The van der Waals surface area contributed by atoms with E-state index in [0.29, 0.717) is 6.54 Å². The Morgan fingerprint density at radius 1 is 1.35 bits per heavy atom. The first-order chi connectivity index (χ1) is 11.1. The van der Waals surface area contributed by atoms with Crippen LogP contribution in [-0.4, -0.2) is 47.2 Å². The van der Waals surface area contributed by atoms with Crippen LogP contribution < -0.4 is 10.6 Å². The second kappa shape index (κ2) is 8.33. The fourth-order valence-electron chi connectivity index (χ4n) is 2.20. The number of nitrogens with one attached hydrogen (secondary N) is 2. The minimum absolute atomic E-state index is 0.0456. The predicted molar refractivity (Wildman–Crippen MR) is 91.7 cm³/mol. The lowest BCUT2D eigenvalue weighted by Gasteiger charge is -2.17. The van der Waals surface area contributed by atoms with Crippen molar-refractivity contribution in [1.29, 1.82) is 0 Å². The van der Waals surface area contributed by atoms with E-state index in [0.717, 1.165) is 24.3 Å². The summed E-state index contributed by atoms with van der Waals surface area (Å²) >= 11 is 0. The van der Waals surface area contributed by atoms with Crippen LogP contribution in [0.15, 0.2) is 43.0 Å². The Morgan fingerprint density at radius 2 is 2.09 bits per heavy atom. The average molecular weight is 315 g/mol. The Balaban J connectivity index is 1.83. The minimum Gasteiger partial charge on any atom is -0.337 e. The highest BCUT2D eigenvalue weighted by Gasteiger charge is 2.09. The van der Waals surface area contributed by atoms with Crippen molar-refractivity contribution >= 4 is 6.03 Å². The van der Waals surface area contributed by atoms with Crippen molar-refractivity contribution in [2.24, 2.45) is 0 Å². The largest absolute Gasteiger partial charge is 0.337 e. The van der Waals surface area contributed by atoms with Crippen LogP contribution in [0.2, 0.25) is 0 Å². The molecule has 0 fully saturated rings. The van der Waals surface area contributed by atoms with Crippen LogP contribution in [0.4, 0.5) is 4.79 Å². The van der Waals surface area contributed by atoms with Gasteiger partial charge in [0.15, 0.2) is 0 Å². The lowest BCUT2D eigenvalue weighted by atomic mass is 10.1. The van der Waals surface area contributed by atoms with Gasteiger partial charge in [0.2, 0.25) is 0 Å². The number of rotatable bonds is 7. The summed E-state index contributed by atoms with van der Waals surface area (Å²) in [5, 5.41) is 5.83. The highest BCUT2D eigenvalue weighted by Crippen LogP contribution is 2.15. The van der Waals surface area contributed by atoms with Gasteiger partial charge in [0.1, 0.15) is 0 Å². The fraction of sp³-hybridized carbons (Fsp3) is 0.412. The van der Waals surface area contributed by atoms with E-state index < -0.39 is 0 Å². The summed E-state index contributed by atoms with van der Waals surface area (Å²) in [4.78, 5) is 18.1. The van der Waals surface area contributed by atoms with Gasteiger partial charge in [-0.2, -0.15) is 0 Å². The van der Waals surface area contributed by atoms with Gasteiger partial charge in [-0.05, 0) is 38.2 Å². The molecule has 2 aromatic rings. The Hall–Kier alpha value is -2.34. The second-order valence-electron chi connectivity index (χ2n) is 5.58. The molecule has 2 amide bonds. The summed E-state index contributed by atoms with van der Waals surface area (Å²) in [6.45, 7) is 6.53. The summed E-state index contributed by atoms with van der Waals surface area (Å²) in [5.41, 5.74) is 2.11. The van der Waals surface area contributed by atoms with Crippen molar-refractivity contribution in [2.75, 3.05) is 26.7 Å². The van der Waals surface area contributed by atoms with E-state index in [9.17, 15) is 4.79 Å². The number of imidazole rings is 1. The van der Waals surface area contributed by atoms with Gasteiger partial charge in [-0.15, -0.1) is 0 Å². The number of aromatic nitrogens is 2. The van der Waals surface area contributed by atoms with E-state index >= 15 is 0 Å². The van der Waals surface area contributed by atoms with Crippen LogP contribution in [-0.2, 0) is 0 Å². The zero-order chi connectivity index (χ0) is 16.7. The number of amides is 2. The second-order valence-corrected chi connectivity index (χ2v) is 5.58. The van der Waals surface area contributed by atoms with Gasteiger partial charge in [-0.1, -0.05) is 19.1 Å². The summed E-state index contributed by atoms with van der Waals surface area (Å²) < 4.78 is 1.94. The fourth-order valence-corrected chi connectivity index (χ4v) is 2.20. The number of likely N-dealkylation sites (N-methyl/N-ethyl adjacent to an activating group) is 1. The molecule has 1 aromatic heterocycles. The van der Waals surface area contributed by atoms with E-state index in [1.54, 1.807) is 12.5 Å². The molecular weight excluding hydrogens is 290 g/mol. The Kier molecular flexibility index (Phi) is 6.17. The summed E-state index contributed by atoms with van der Waals surface area (Å²) in [5.74, 6) is 0. The van der Waals surface area contributed by atoms with Gasteiger partial charge in [0, 0.05) is 31.2 Å². The standard InChI is InChI=1S/C17H25N5O/c1-4-21(3)11-10-19-17(23)20-14(2)15-5-7-16(8-6-15)22-12-9-18-13-22/h5-9,12-14H,4,10-11H2,1-3H3,(H2,19,20,23). The third kappa shape index (κ3) is 5.10. The normalized spacial score (nSPS) is 12.2. The van der Waals surface area contributed by atoms with E-state index in [1.165, 1.54) is 0 Å². The van der Waals surface area contributed by atoms with Crippen LogP contribution in [0.25, 0.3) is 5.69 Å². The van der Waals surface area contributed by atoms with E-state index in [-0.39, 0.29) is 12.1 Å². The molecule has 0 aliphatic carbocycles. The molecule has 1 unspecified atom stereocenters. The number of benzene rings is 1. The quantitative estimate of drug-likeness (QED) is 0.823. The zero-order valence-corrected chi connectivity index (χ0v) is 14.0. The van der Waals surface area contributed by atoms with Crippen LogP contribution in [0.3, 0.4) is 0 Å². The summed E-state index contributed by atoms with van der Waals surface area (Å²) in [7, 11) is 2.03. The van der Waals surface area contributed by atoms with Gasteiger partial charge in [0.05, 0.1) is 12.4 Å². The lowest BCUT2D eigenvalue weighted by Crippen LogP contribution is -2.40. The molecule has 2 N–H and O–H groups in total. The first kappa shape index (κ1) is 17.0. The zero-order valence-electron chi connectivity index (χ0n) is 14.0. The molecule has 0 spiro atoms. The molecule has 6 nitrogen and oxygen atoms in total. The van der Waals surface area contributed by atoms with Crippen molar-refractivity contribution < 1.29 is 4.79 Å². The molecule has 0 aliphatic rings. The molecule has 0 radical (unpaired) electrons. The number of hydrogen-bond acceptors (Lipinski definition) is 3. The van der Waals surface area contributed by atoms with Crippen molar-refractivity contribution in [3.05, 3.63) is 48.5 Å². The molecule has 124 valence electrons. The number of carbonyl (C=O) groups excluding carboxylic acids is 1. The SMILES string of the molecule is CCN(C)CCNC(=O)NC(C)c1ccc(-n2ccnc2)cc1. The van der Waals surface area contributed by atoms with Gasteiger partial charge < -0.3 is 20.1 Å². The third-order valence-electron chi connectivity index (χ3n) is 3.86. The van der Waals surface area contributed by atoms with E-state index in [2.05, 4.69) is 27.4 Å². The van der Waals surface area contributed by atoms with Crippen molar-refractivity contribution in [3.63, 3.8) is 0 Å². The van der Waals surface area contributed by atoms with Crippen LogP contribution in [0.5, 0.6) is 0 Å². The predicted octanol–water partition coefficient (Wildman–Crippen LogP) is 2.18. The molecule has 1 atom stereocenters. The molecule has 0 bridgehead atoms. The van der Waals surface area contributed by atoms with Crippen LogP contribution >= 0.6 is 0 Å². The molecule has 23 heavy (non-hydrogen) atoms. The van der Waals surface area contributed by atoms with Crippen LogP contribution in [0, 0.1) is 0 Å². The first-order valence-corrected chi connectivity index (χ1v) is 7.91. The molecule has 0 saturated carbocycles. The van der Waals surface area contributed by atoms with Crippen molar-refractivity contribution in [2.45, 2.75) is 19.9 Å². The Bertz CT molecular complexity index is 594. The smallest absolute Gasteiger partial charge is 0.315 e. The maximum Gasteiger partial charge on any atom is 0.315 e. The summed E-state index contributed by atoms with van der Waals surface area (Å²) in [6, 6.07) is 7.89. The van der Waals surface area contributed by atoms with Gasteiger partial charge in [-0.25, -0.2) is 9.78 Å².